The Bertz CT molecular complexity index is 1210. The smallest absolute Gasteiger partial charge is 0.250 e. The molecule has 3 aromatic rings. The number of anilines is 5. The Hall–Kier alpha value is -3.81. The summed E-state index contributed by atoms with van der Waals surface area (Å²) < 4.78 is 27.5. The molecule has 2 aromatic carbocycles. The molecule has 6 nitrogen and oxygen atoms in total. The molecule has 2 aliphatic rings. The molecule has 5 rings (SSSR count). The number of fused-ring (bicyclic) bond motifs is 2. The lowest BCUT2D eigenvalue weighted by atomic mass is 9.66. The van der Waals surface area contributed by atoms with Crippen LogP contribution in [0.3, 0.4) is 0 Å². The van der Waals surface area contributed by atoms with Crippen LogP contribution >= 0.6 is 0 Å². The molecule has 2 N–H and O–H groups in total. The number of carbonyl (C=O) groups excluding carboxylic acids is 1. The van der Waals surface area contributed by atoms with E-state index in [2.05, 4.69) is 27.2 Å². The summed E-state index contributed by atoms with van der Waals surface area (Å²) in [5, 5.41) is 5.91. The van der Waals surface area contributed by atoms with E-state index >= 15 is 0 Å². The highest BCUT2D eigenvalue weighted by Gasteiger charge is 2.48. The van der Waals surface area contributed by atoms with Gasteiger partial charge in [0.1, 0.15) is 5.82 Å². The predicted octanol–water partition coefficient (Wildman–Crippen LogP) is 5.20. The maximum Gasteiger partial charge on any atom is 0.250 e. The van der Waals surface area contributed by atoms with Gasteiger partial charge < -0.3 is 15.5 Å². The standard InChI is InChI=1S/C24H21F2N5O/c1-2-21(32)31-14-24(10-3-11-24)18-9-8-17(12-20(18)31)28-22-19(26)13-27-23(30-22)29-16-6-4-15(25)5-7-16/h2,4-9,12-13H,1,3,10-11,14H2,(H2,27,28,29,30). The molecular weight excluding hydrogens is 412 g/mol. The maximum atomic E-state index is 14.4. The Kier molecular flexibility index (Phi) is 4.84. The van der Waals surface area contributed by atoms with Crippen molar-refractivity contribution in [2.75, 3.05) is 22.1 Å². The van der Waals surface area contributed by atoms with Gasteiger partial charge in [-0.2, -0.15) is 4.98 Å². The van der Waals surface area contributed by atoms with Crippen LogP contribution in [0, 0.1) is 11.6 Å². The fraction of sp³-hybridized carbons (Fsp3) is 0.208. The third-order valence-corrected chi connectivity index (χ3v) is 6.18. The largest absolute Gasteiger partial charge is 0.338 e. The van der Waals surface area contributed by atoms with E-state index in [0.29, 0.717) is 17.9 Å². The lowest BCUT2D eigenvalue weighted by Crippen LogP contribution is -2.40. The number of carbonyl (C=O) groups is 1. The molecule has 1 amide bonds. The first-order valence-electron chi connectivity index (χ1n) is 10.4. The van der Waals surface area contributed by atoms with Crippen LogP contribution in [0.5, 0.6) is 0 Å². The molecule has 1 spiro atoms. The van der Waals surface area contributed by atoms with Crippen LogP contribution in [0.4, 0.5) is 37.6 Å². The van der Waals surface area contributed by atoms with Gasteiger partial charge in [0, 0.05) is 29.0 Å². The number of aromatic nitrogens is 2. The van der Waals surface area contributed by atoms with Crippen molar-refractivity contribution in [1.29, 1.82) is 0 Å². The Morgan fingerprint density at radius 2 is 1.84 bits per heavy atom. The van der Waals surface area contributed by atoms with Crippen LogP contribution in [-0.2, 0) is 10.2 Å². The Labute approximate surface area is 184 Å². The van der Waals surface area contributed by atoms with Crippen molar-refractivity contribution in [3.05, 3.63) is 78.5 Å². The summed E-state index contributed by atoms with van der Waals surface area (Å²) in [4.78, 5) is 22.3. The highest BCUT2D eigenvalue weighted by Crippen LogP contribution is 2.53. The second-order valence-electron chi connectivity index (χ2n) is 8.14. The van der Waals surface area contributed by atoms with Crippen molar-refractivity contribution in [2.45, 2.75) is 24.7 Å². The van der Waals surface area contributed by atoms with Crippen LogP contribution in [0.2, 0.25) is 0 Å². The normalized spacial score (nSPS) is 15.8. The number of amides is 1. The van der Waals surface area contributed by atoms with Crippen molar-refractivity contribution < 1.29 is 13.6 Å². The molecular formula is C24H21F2N5O. The molecule has 1 aliphatic heterocycles. The van der Waals surface area contributed by atoms with Crippen molar-refractivity contribution in [3.63, 3.8) is 0 Å². The number of nitrogens with one attached hydrogen (secondary N) is 2. The zero-order valence-electron chi connectivity index (χ0n) is 17.2. The van der Waals surface area contributed by atoms with Gasteiger partial charge in [-0.05, 0) is 60.9 Å². The monoisotopic (exact) mass is 433 g/mol. The summed E-state index contributed by atoms with van der Waals surface area (Å²) in [6.45, 7) is 4.26. The van der Waals surface area contributed by atoms with E-state index in [1.54, 1.807) is 4.90 Å². The fourth-order valence-corrected chi connectivity index (χ4v) is 4.41. The van der Waals surface area contributed by atoms with Crippen LogP contribution in [0.25, 0.3) is 0 Å². The minimum atomic E-state index is -0.621. The molecule has 32 heavy (non-hydrogen) atoms. The van der Waals surface area contributed by atoms with Gasteiger partial charge in [0.05, 0.1) is 6.20 Å². The van der Waals surface area contributed by atoms with Gasteiger partial charge in [-0.25, -0.2) is 13.8 Å². The Morgan fingerprint density at radius 3 is 2.53 bits per heavy atom. The van der Waals surface area contributed by atoms with Crippen LogP contribution in [-0.4, -0.2) is 22.4 Å². The summed E-state index contributed by atoms with van der Waals surface area (Å²) in [7, 11) is 0. The molecule has 0 atom stereocenters. The molecule has 1 saturated carbocycles. The Morgan fingerprint density at radius 1 is 1.09 bits per heavy atom. The summed E-state index contributed by atoms with van der Waals surface area (Å²) in [6.07, 6.45) is 5.62. The molecule has 0 bridgehead atoms. The molecule has 162 valence electrons. The van der Waals surface area contributed by atoms with E-state index in [1.165, 1.54) is 30.3 Å². The van der Waals surface area contributed by atoms with Crippen molar-refractivity contribution in [3.8, 4) is 0 Å². The molecule has 2 heterocycles. The van der Waals surface area contributed by atoms with Gasteiger partial charge in [-0.3, -0.25) is 4.79 Å². The van der Waals surface area contributed by atoms with Crippen molar-refractivity contribution in [1.82, 2.24) is 9.97 Å². The maximum absolute atomic E-state index is 14.4. The summed E-state index contributed by atoms with van der Waals surface area (Å²) in [5.41, 5.74) is 3.15. The first-order chi connectivity index (χ1) is 15.5. The lowest BCUT2D eigenvalue weighted by Gasteiger charge is -2.38. The van der Waals surface area contributed by atoms with Gasteiger partial charge >= 0.3 is 0 Å². The van der Waals surface area contributed by atoms with E-state index in [0.717, 1.165) is 36.7 Å². The average molecular weight is 433 g/mol. The molecule has 1 aliphatic carbocycles. The van der Waals surface area contributed by atoms with Gasteiger partial charge in [0.15, 0.2) is 11.6 Å². The molecule has 1 aromatic heterocycles. The van der Waals surface area contributed by atoms with E-state index in [1.807, 2.05) is 18.2 Å². The number of halogens is 2. The lowest BCUT2D eigenvalue weighted by molar-refractivity contribution is -0.114. The van der Waals surface area contributed by atoms with Crippen LogP contribution < -0.4 is 15.5 Å². The summed E-state index contributed by atoms with van der Waals surface area (Å²) in [6, 6.07) is 11.4. The average Bonchev–Trinajstić information content (AvgIpc) is 3.12. The number of nitrogens with zero attached hydrogens (tertiary/aromatic N) is 3. The molecule has 0 saturated heterocycles. The third kappa shape index (κ3) is 3.47. The van der Waals surface area contributed by atoms with Gasteiger partial charge in [-0.1, -0.05) is 19.1 Å². The topological polar surface area (TPSA) is 70.2 Å². The number of rotatable bonds is 5. The number of hydrogen-bond donors (Lipinski definition) is 2. The van der Waals surface area contributed by atoms with E-state index < -0.39 is 5.82 Å². The van der Waals surface area contributed by atoms with E-state index in [4.69, 9.17) is 0 Å². The highest BCUT2D eigenvalue weighted by molar-refractivity contribution is 6.03. The summed E-state index contributed by atoms with van der Waals surface area (Å²) in [5.74, 6) is -0.973. The number of benzene rings is 2. The molecule has 0 radical (unpaired) electrons. The summed E-state index contributed by atoms with van der Waals surface area (Å²) >= 11 is 0. The minimum Gasteiger partial charge on any atom is -0.338 e. The zero-order chi connectivity index (χ0) is 22.3. The quantitative estimate of drug-likeness (QED) is 0.542. The predicted molar refractivity (Wildman–Crippen MR) is 119 cm³/mol. The Balaban J connectivity index is 1.42. The fourth-order valence-electron chi connectivity index (χ4n) is 4.41. The van der Waals surface area contributed by atoms with Crippen molar-refractivity contribution >= 4 is 34.7 Å². The molecule has 0 unspecified atom stereocenters. The van der Waals surface area contributed by atoms with Gasteiger partial charge in [-0.15, -0.1) is 0 Å². The zero-order valence-corrected chi connectivity index (χ0v) is 17.2. The first-order valence-corrected chi connectivity index (χ1v) is 10.4. The van der Waals surface area contributed by atoms with Crippen LogP contribution in [0.1, 0.15) is 24.8 Å². The molecule has 1 fully saturated rings. The van der Waals surface area contributed by atoms with E-state index in [9.17, 15) is 13.6 Å². The second kappa shape index (κ2) is 7.71. The van der Waals surface area contributed by atoms with Crippen molar-refractivity contribution in [2.24, 2.45) is 0 Å². The molecule has 8 heteroatoms. The van der Waals surface area contributed by atoms with E-state index in [-0.39, 0.29) is 28.9 Å². The minimum absolute atomic E-state index is 0.0116. The van der Waals surface area contributed by atoms with Crippen LogP contribution in [0.15, 0.2) is 61.3 Å². The highest BCUT2D eigenvalue weighted by atomic mass is 19.1. The first kappa shape index (κ1) is 20.1. The van der Waals surface area contributed by atoms with Gasteiger partial charge in [0.25, 0.3) is 0 Å². The third-order valence-electron chi connectivity index (χ3n) is 6.18. The number of hydrogen-bond acceptors (Lipinski definition) is 5. The second-order valence-corrected chi connectivity index (χ2v) is 8.14. The van der Waals surface area contributed by atoms with Gasteiger partial charge in [0.2, 0.25) is 11.9 Å². The SMILES string of the molecule is C=CC(=O)N1CC2(CCC2)c2ccc(Nc3nc(Nc4ccc(F)cc4)ncc3F)cc21.